The molecule has 94 valence electrons. The van der Waals surface area contributed by atoms with Crippen molar-refractivity contribution in [2.24, 2.45) is 0 Å². The van der Waals surface area contributed by atoms with Crippen molar-refractivity contribution in [3.8, 4) is 0 Å². The molecule has 0 saturated heterocycles. The Morgan fingerprint density at radius 1 is 1.11 bits per heavy atom. The van der Waals surface area contributed by atoms with Crippen LogP contribution < -0.4 is 5.32 Å². The Morgan fingerprint density at radius 3 is 2.50 bits per heavy atom. The quantitative estimate of drug-likeness (QED) is 0.880. The molecule has 2 N–H and O–H groups in total. The molecule has 0 bridgehead atoms. The highest BCUT2D eigenvalue weighted by atomic mass is 35.5. The number of hydrogen-bond donors (Lipinski definition) is 2. The minimum atomic E-state index is -0.913. The number of aliphatic hydroxyl groups is 1. The molecule has 0 aromatic heterocycles. The monoisotopic (exact) mass is 261 g/mol. The zero-order valence-electron chi connectivity index (χ0n) is 10.2. The van der Waals surface area contributed by atoms with Gasteiger partial charge in [0, 0.05) is 17.3 Å². The molecule has 0 aliphatic carbocycles. The summed E-state index contributed by atoms with van der Waals surface area (Å²) in [6.45, 7) is 2.22. The molecular formula is C15H16ClNO. The average Bonchev–Trinajstić information content (AvgIpc) is 2.38. The van der Waals surface area contributed by atoms with Crippen molar-refractivity contribution >= 4 is 17.3 Å². The van der Waals surface area contributed by atoms with Crippen LogP contribution in [-0.4, -0.2) is 11.7 Å². The maximum Gasteiger partial charge on any atom is 0.104 e. The van der Waals surface area contributed by atoms with Crippen LogP contribution in [0.4, 0.5) is 5.69 Å². The fraction of sp³-hybridized carbons (Fsp3) is 0.200. The van der Waals surface area contributed by atoms with Gasteiger partial charge in [-0.15, -0.1) is 0 Å². The number of benzene rings is 2. The van der Waals surface area contributed by atoms with Crippen LogP contribution in [0, 0.1) is 0 Å². The zero-order chi connectivity index (χ0) is 13.0. The molecule has 0 fully saturated rings. The lowest BCUT2D eigenvalue weighted by Gasteiger charge is -2.24. The maximum absolute atomic E-state index is 10.4. The molecule has 2 aromatic carbocycles. The van der Waals surface area contributed by atoms with Crippen molar-refractivity contribution in [3.63, 3.8) is 0 Å². The van der Waals surface area contributed by atoms with Gasteiger partial charge in [-0.25, -0.2) is 0 Å². The molecule has 0 aliphatic rings. The number of halogens is 1. The van der Waals surface area contributed by atoms with Gasteiger partial charge in [-0.05, 0) is 30.7 Å². The van der Waals surface area contributed by atoms with Gasteiger partial charge in [-0.2, -0.15) is 0 Å². The number of hydrogen-bond acceptors (Lipinski definition) is 2. The van der Waals surface area contributed by atoms with Gasteiger partial charge < -0.3 is 10.4 Å². The van der Waals surface area contributed by atoms with Gasteiger partial charge in [0.2, 0.25) is 0 Å². The third-order valence-corrected chi connectivity index (χ3v) is 3.09. The second-order valence-corrected chi connectivity index (χ2v) is 4.94. The Balaban J connectivity index is 2.05. The SMILES string of the molecule is CC(O)(CNc1cccc(Cl)c1)c1ccccc1. The Kier molecular flexibility index (Phi) is 3.90. The molecule has 0 spiro atoms. The van der Waals surface area contributed by atoms with Gasteiger partial charge in [0.15, 0.2) is 0 Å². The van der Waals surface area contributed by atoms with Crippen molar-refractivity contribution < 1.29 is 5.11 Å². The van der Waals surface area contributed by atoms with Gasteiger partial charge in [0.05, 0.1) is 0 Å². The normalized spacial score (nSPS) is 13.9. The molecular weight excluding hydrogens is 246 g/mol. The Hall–Kier alpha value is -1.51. The Morgan fingerprint density at radius 2 is 1.83 bits per heavy atom. The van der Waals surface area contributed by atoms with Crippen molar-refractivity contribution in [2.45, 2.75) is 12.5 Å². The van der Waals surface area contributed by atoms with E-state index in [0.29, 0.717) is 11.6 Å². The number of rotatable bonds is 4. The highest BCUT2D eigenvalue weighted by Gasteiger charge is 2.22. The topological polar surface area (TPSA) is 32.3 Å². The van der Waals surface area contributed by atoms with E-state index in [4.69, 9.17) is 11.6 Å². The molecule has 0 saturated carbocycles. The standard InChI is InChI=1S/C15H16ClNO/c1-15(18,12-6-3-2-4-7-12)11-17-14-9-5-8-13(16)10-14/h2-10,17-18H,11H2,1H3. The summed E-state index contributed by atoms with van der Waals surface area (Å²) in [6, 6.07) is 17.1. The fourth-order valence-electron chi connectivity index (χ4n) is 1.77. The van der Waals surface area contributed by atoms with E-state index in [1.807, 2.05) is 54.6 Å². The minimum Gasteiger partial charge on any atom is -0.384 e. The smallest absolute Gasteiger partial charge is 0.104 e. The van der Waals surface area contributed by atoms with Crippen LogP contribution in [-0.2, 0) is 5.60 Å². The molecule has 18 heavy (non-hydrogen) atoms. The van der Waals surface area contributed by atoms with Crippen LogP contribution in [0.5, 0.6) is 0 Å². The third kappa shape index (κ3) is 3.25. The summed E-state index contributed by atoms with van der Waals surface area (Å²) in [7, 11) is 0. The molecule has 3 heteroatoms. The van der Waals surface area contributed by atoms with Crippen LogP contribution >= 0.6 is 11.6 Å². The number of anilines is 1. The molecule has 1 atom stereocenters. The first kappa shape index (κ1) is 12.9. The summed E-state index contributed by atoms with van der Waals surface area (Å²) in [5.74, 6) is 0. The van der Waals surface area contributed by atoms with Gasteiger partial charge in [0.1, 0.15) is 5.60 Å². The second-order valence-electron chi connectivity index (χ2n) is 4.50. The average molecular weight is 262 g/mol. The van der Waals surface area contributed by atoms with Gasteiger partial charge in [-0.3, -0.25) is 0 Å². The van der Waals surface area contributed by atoms with Crippen molar-refractivity contribution in [1.29, 1.82) is 0 Å². The van der Waals surface area contributed by atoms with Crippen LogP contribution in [0.3, 0.4) is 0 Å². The third-order valence-electron chi connectivity index (χ3n) is 2.86. The van der Waals surface area contributed by atoms with E-state index >= 15 is 0 Å². The lowest BCUT2D eigenvalue weighted by molar-refractivity contribution is 0.0715. The zero-order valence-corrected chi connectivity index (χ0v) is 11.0. The highest BCUT2D eigenvalue weighted by molar-refractivity contribution is 6.30. The summed E-state index contributed by atoms with van der Waals surface area (Å²) >= 11 is 5.91. The molecule has 0 amide bonds. The molecule has 0 aliphatic heterocycles. The van der Waals surface area contributed by atoms with Crippen LogP contribution in [0.15, 0.2) is 54.6 Å². The predicted molar refractivity (Wildman–Crippen MR) is 76.0 cm³/mol. The van der Waals surface area contributed by atoms with Crippen LogP contribution in [0.1, 0.15) is 12.5 Å². The second kappa shape index (κ2) is 5.42. The van der Waals surface area contributed by atoms with Crippen molar-refractivity contribution in [1.82, 2.24) is 0 Å². The maximum atomic E-state index is 10.4. The Bertz CT molecular complexity index is 511. The lowest BCUT2D eigenvalue weighted by Crippen LogP contribution is -2.30. The summed E-state index contributed by atoms with van der Waals surface area (Å²) in [6.07, 6.45) is 0. The lowest BCUT2D eigenvalue weighted by atomic mass is 9.96. The Labute approximate surface area is 112 Å². The summed E-state index contributed by atoms with van der Waals surface area (Å²) < 4.78 is 0. The van der Waals surface area contributed by atoms with E-state index in [2.05, 4.69) is 5.32 Å². The van der Waals surface area contributed by atoms with E-state index in [9.17, 15) is 5.11 Å². The first-order chi connectivity index (χ1) is 8.58. The summed E-state index contributed by atoms with van der Waals surface area (Å²) in [5.41, 5.74) is 0.877. The van der Waals surface area contributed by atoms with E-state index < -0.39 is 5.60 Å². The van der Waals surface area contributed by atoms with E-state index in [1.165, 1.54) is 0 Å². The first-order valence-corrected chi connectivity index (χ1v) is 6.23. The van der Waals surface area contributed by atoms with Crippen molar-refractivity contribution in [2.75, 3.05) is 11.9 Å². The first-order valence-electron chi connectivity index (χ1n) is 5.85. The van der Waals surface area contributed by atoms with E-state index in [0.717, 1.165) is 11.3 Å². The van der Waals surface area contributed by atoms with Crippen LogP contribution in [0.25, 0.3) is 0 Å². The molecule has 2 aromatic rings. The van der Waals surface area contributed by atoms with Crippen LogP contribution in [0.2, 0.25) is 5.02 Å². The van der Waals surface area contributed by atoms with Gasteiger partial charge in [-0.1, -0.05) is 48.0 Å². The van der Waals surface area contributed by atoms with E-state index in [-0.39, 0.29) is 0 Å². The molecule has 2 rings (SSSR count). The van der Waals surface area contributed by atoms with Gasteiger partial charge >= 0.3 is 0 Å². The summed E-state index contributed by atoms with van der Waals surface area (Å²) in [5, 5.41) is 14.3. The molecule has 0 radical (unpaired) electrons. The highest BCUT2D eigenvalue weighted by Crippen LogP contribution is 2.22. The fourth-order valence-corrected chi connectivity index (χ4v) is 1.96. The number of nitrogens with one attached hydrogen (secondary N) is 1. The molecule has 0 heterocycles. The van der Waals surface area contributed by atoms with E-state index in [1.54, 1.807) is 6.92 Å². The summed E-state index contributed by atoms with van der Waals surface area (Å²) in [4.78, 5) is 0. The molecule has 1 unspecified atom stereocenters. The largest absolute Gasteiger partial charge is 0.384 e. The minimum absolute atomic E-state index is 0.428. The van der Waals surface area contributed by atoms with Gasteiger partial charge in [0.25, 0.3) is 0 Å². The predicted octanol–water partition coefficient (Wildman–Crippen LogP) is 3.66. The van der Waals surface area contributed by atoms with Crippen molar-refractivity contribution in [3.05, 3.63) is 65.2 Å². The molecule has 2 nitrogen and oxygen atoms in total.